The summed E-state index contributed by atoms with van der Waals surface area (Å²) in [7, 11) is 1.64. The second-order valence-corrected chi connectivity index (χ2v) is 7.33. The van der Waals surface area contributed by atoms with Crippen molar-refractivity contribution in [2.24, 2.45) is 0 Å². The molecule has 0 saturated carbocycles. The fraction of sp³-hybridized carbons (Fsp3) is 0.250. The van der Waals surface area contributed by atoms with Crippen LogP contribution >= 0.6 is 0 Å². The molecule has 0 spiro atoms. The molecule has 0 atom stereocenters. The van der Waals surface area contributed by atoms with E-state index in [0.29, 0.717) is 6.54 Å². The lowest BCUT2D eigenvalue weighted by atomic mass is 10.1. The Kier molecular flexibility index (Phi) is 5.47. The van der Waals surface area contributed by atoms with Crippen molar-refractivity contribution in [3.63, 3.8) is 0 Å². The van der Waals surface area contributed by atoms with Crippen LogP contribution in [0.1, 0.15) is 23.2 Å². The molecular formula is C24H25N3O2. The zero-order valence-electron chi connectivity index (χ0n) is 16.8. The average Bonchev–Trinajstić information content (AvgIpc) is 3.04. The van der Waals surface area contributed by atoms with Crippen LogP contribution in [0.3, 0.4) is 0 Å². The highest BCUT2D eigenvalue weighted by atomic mass is 16.5. The van der Waals surface area contributed by atoms with E-state index in [1.165, 1.54) is 5.56 Å². The molecule has 1 amide bonds. The molecule has 29 heavy (non-hydrogen) atoms. The van der Waals surface area contributed by atoms with Crippen molar-refractivity contribution in [3.05, 3.63) is 77.5 Å². The van der Waals surface area contributed by atoms with Crippen LogP contribution < -0.4 is 4.74 Å². The Labute approximate surface area is 171 Å². The number of ether oxygens (including phenoxy) is 1. The van der Waals surface area contributed by atoms with Gasteiger partial charge in [-0.15, -0.1) is 0 Å². The van der Waals surface area contributed by atoms with Crippen LogP contribution in [0.4, 0.5) is 0 Å². The third kappa shape index (κ3) is 4.40. The highest BCUT2D eigenvalue weighted by Crippen LogP contribution is 2.23. The van der Waals surface area contributed by atoms with E-state index in [2.05, 4.69) is 37.3 Å². The lowest BCUT2D eigenvalue weighted by Crippen LogP contribution is -2.29. The maximum absolute atomic E-state index is 12.8. The van der Waals surface area contributed by atoms with Gasteiger partial charge in [0.25, 0.3) is 0 Å². The SMILES string of the molecule is COc1ccc(/C=C/C(=O)N2CCCn3nc(-c4cccc(C)c4)cc3C2)cc1. The smallest absolute Gasteiger partial charge is 0.246 e. The molecule has 0 aliphatic carbocycles. The second kappa shape index (κ2) is 8.35. The van der Waals surface area contributed by atoms with Gasteiger partial charge < -0.3 is 9.64 Å². The molecule has 0 N–H and O–H groups in total. The zero-order chi connectivity index (χ0) is 20.2. The molecule has 1 aromatic heterocycles. The Hall–Kier alpha value is -3.34. The van der Waals surface area contributed by atoms with Crippen molar-refractivity contribution in [1.29, 1.82) is 0 Å². The maximum Gasteiger partial charge on any atom is 0.246 e. The van der Waals surface area contributed by atoms with E-state index in [9.17, 15) is 4.79 Å². The molecule has 5 heteroatoms. The lowest BCUT2D eigenvalue weighted by Gasteiger charge is -2.17. The number of carbonyl (C=O) groups excluding carboxylic acids is 1. The van der Waals surface area contributed by atoms with Gasteiger partial charge in [0.05, 0.1) is 25.0 Å². The van der Waals surface area contributed by atoms with Gasteiger partial charge in [0.15, 0.2) is 0 Å². The van der Waals surface area contributed by atoms with Crippen LogP contribution in [0.2, 0.25) is 0 Å². The molecule has 1 aliphatic heterocycles. The van der Waals surface area contributed by atoms with E-state index >= 15 is 0 Å². The predicted octanol–water partition coefficient (Wildman–Crippen LogP) is 4.31. The molecule has 0 radical (unpaired) electrons. The van der Waals surface area contributed by atoms with Gasteiger partial charge in [-0.1, -0.05) is 35.9 Å². The van der Waals surface area contributed by atoms with Gasteiger partial charge in [-0.05, 0) is 49.2 Å². The molecule has 2 aromatic carbocycles. The van der Waals surface area contributed by atoms with Crippen LogP contribution in [0.15, 0.2) is 60.7 Å². The number of hydrogen-bond donors (Lipinski definition) is 0. The van der Waals surface area contributed by atoms with E-state index in [1.807, 2.05) is 39.9 Å². The molecular weight excluding hydrogens is 362 g/mol. The molecule has 1 aliphatic rings. The first-order valence-corrected chi connectivity index (χ1v) is 9.87. The van der Waals surface area contributed by atoms with Crippen molar-refractivity contribution in [1.82, 2.24) is 14.7 Å². The summed E-state index contributed by atoms with van der Waals surface area (Å²) in [5.74, 6) is 0.825. The summed E-state index contributed by atoms with van der Waals surface area (Å²) in [5.41, 5.74) is 5.34. The summed E-state index contributed by atoms with van der Waals surface area (Å²) < 4.78 is 7.21. The molecule has 0 bridgehead atoms. The van der Waals surface area contributed by atoms with Gasteiger partial charge in [0.2, 0.25) is 5.91 Å². The number of rotatable bonds is 4. The molecule has 5 nitrogen and oxygen atoms in total. The molecule has 148 valence electrons. The number of fused-ring (bicyclic) bond motifs is 1. The number of aryl methyl sites for hydroxylation is 2. The summed E-state index contributed by atoms with van der Waals surface area (Å²) in [4.78, 5) is 14.7. The number of methoxy groups -OCH3 is 1. The number of carbonyl (C=O) groups is 1. The first-order valence-electron chi connectivity index (χ1n) is 9.87. The molecule has 0 saturated heterocycles. The third-order valence-electron chi connectivity index (χ3n) is 5.17. The zero-order valence-corrected chi connectivity index (χ0v) is 16.8. The number of nitrogens with zero attached hydrogens (tertiary/aromatic N) is 3. The van der Waals surface area contributed by atoms with Crippen LogP contribution in [0, 0.1) is 6.92 Å². The minimum absolute atomic E-state index is 0.0209. The van der Waals surface area contributed by atoms with E-state index < -0.39 is 0 Å². The van der Waals surface area contributed by atoms with Crippen molar-refractivity contribution < 1.29 is 9.53 Å². The largest absolute Gasteiger partial charge is 0.497 e. The van der Waals surface area contributed by atoms with E-state index in [4.69, 9.17) is 9.84 Å². The van der Waals surface area contributed by atoms with Crippen molar-refractivity contribution in [3.8, 4) is 17.0 Å². The minimum atomic E-state index is 0.0209. The highest BCUT2D eigenvalue weighted by molar-refractivity contribution is 5.91. The predicted molar refractivity (Wildman–Crippen MR) is 114 cm³/mol. The van der Waals surface area contributed by atoms with Gasteiger partial charge in [-0.2, -0.15) is 5.10 Å². The minimum Gasteiger partial charge on any atom is -0.497 e. The molecule has 2 heterocycles. The summed E-state index contributed by atoms with van der Waals surface area (Å²) in [6, 6.07) is 18.1. The van der Waals surface area contributed by atoms with Crippen LogP contribution in [-0.2, 0) is 17.9 Å². The first kappa shape index (κ1) is 19.0. The summed E-state index contributed by atoms with van der Waals surface area (Å²) in [6.07, 6.45) is 4.39. The fourth-order valence-corrected chi connectivity index (χ4v) is 3.58. The van der Waals surface area contributed by atoms with Gasteiger partial charge in [0.1, 0.15) is 5.75 Å². The average molecular weight is 387 g/mol. The quantitative estimate of drug-likeness (QED) is 0.627. The molecule has 3 aromatic rings. The maximum atomic E-state index is 12.8. The Morgan fingerprint density at radius 3 is 2.69 bits per heavy atom. The fourth-order valence-electron chi connectivity index (χ4n) is 3.58. The van der Waals surface area contributed by atoms with Crippen LogP contribution in [0.25, 0.3) is 17.3 Å². The number of amides is 1. The van der Waals surface area contributed by atoms with Crippen molar-refractivity contribution in [2.75, 3.05) is 13.7 Å². The van der Waals surface area contributed by atoms with Crippen LogP contribution in [-0.4, -0.2) is 34.2 Å². The molecule has 4 rings (SSSR count). The van der Waals surface area contributed by atoms with E-state index in [0.717, 1.165) is 47.8 Å². The summed E-state index contributed by atoms with van der Waals surface area (Å²) >= 11 is 0. The summed E-state index contributed by atoms with van der Waals surface area (Å²) in [5, 5.41) is 4.77. The molecule has 0 fully saturated rings. The normalized spacial score (nSPS) is 13.9. The molecule has 0 unspecified atom stereocenters. The Morgan fingerprint density at radius 2 is 1.93 bits per heavy atom. The number of aromatic nitrogens is 2. The van der Waals surface area contributed by atoms with Crippen molar-refractivity contribution in [2.45, 2.75) is 26.4 Å². The number of benzene rings is 2. The van der Waals surface area contributed by atoms with E-state index in [-0.39, 0.29) is 5.91 Å². The summed E-state index contributed by atoms with van der Waals surface area (Å²) in [6.45, 7) is 4.22. The van der Waals surface area contributed by atoms with Gasteiger partial charge in [-0.25, -0.2) is 0 Å². The number of hydrogen-bond acceptors (Lipinski definition) is 3. The Balaban J connectivity index is 1.49. The van der Waals surface area contributed by atoms with Gasteiger partial charge >= 0.3 is 0 Å². The van der Waals surface area contributed by atoms with E-state index in [1.54, 1.807) is 13.2 Å². The monoisotopic (exact) mass is 387 g/mol. The standard InChI is InChI=1S/C24H25N3O2/c1-18-5-3-6-20(15-18)23-16-21-17-26(13-4-14-27(21)25-23)24(28)12-9-19-7-10-22(29-2)11-8-19/h3,5-12,15-16H,4,13-14,17H2,1-2H3/b12-9+. The Morgan fingerprint density at radius 1 is 1.10 bits per heavy atom. The Bertz CT molecular complexity index is 1030. The topological polar surface area (TPSA) is 47.4 Å². The van der Waals surface area contributed by atoms with Gasteiger partial charge in [0, 0.05) is 24.7 Å². The lowest BCUT2D eigenvalue weighted by molar-refractivity contribution is -0.126. The van der Waals surface area contributed by atoms with Crippen molar-refractivity contribution >= 4 is 12.0 Å². The highest BCUT2D eigenvalue weighted by Gasteiger charge is 2.19. The third-order valence-corrected chi connectivity index (χ3v) is 5.17. The van der Waals surface area contributed by atoms with Gasteiger partial charge in [-0.3, -0.25) is 9.48 Å². The first-order chi connectivity index (χ1) is 14.1. The van der Waals surface area contributed by atoms with Crippen LogP contribution in [0.5, 0.6) is 5.75 Å². The second-order valence-electron chi connectivity index (χ2n) is 7.33.